The Morgan fingerprint density at radius 1 is 1.36 bits per heavy atom. The molecular weight excluding hydrogens is 176 g/mol. The maximum Gasteiger partial charge on any atom is 0.195 e. The summed E-state index contributed by atoms with van der Waals surface area (Å²) >= 11 is 0. The van der Waals surface area contributed by atoms with Crippen molar-refractivity contribution in [1.29, 1.82) is 10.5 Å². The first-order valence-corrected chi connectivity index (χ1v) is 4.09. The molecule has 0 atom stereocenters. The van der Waals surface area contributed by atoms with Crippen LogP contribution in [0.4, 0.5) is 0 Å². The molecule has 0 aliphatic carbocycles. The van der Waals surface area contributed by atoms with Crippen LogP contribution in [-0.2, 0) is 0 Å². The number of nitriles is 2. The fraction of sp³-hybridized carbons (Fsp3) is 0.182. The highest BCUT2D eigenvalue weighted by atomic mass is 16.1. The molecule has 1 rings (SSSR count). The maximum atomic E-state index is 11.5. The second-order valence-electron chi connectivity index (χ2n) is 2.92. The Kier molecular flexibility index (Phi) is 2.99. The summed E-state index contributed by atoms with van der Waals surface area (Å²) in [5, 5.41) is 17.1. The predicted octanol–water partition coefficient (Wildman–Crippen LogP) is 1.84. The number of hydrogen-bond donors (Lipinski definition) is 0. The molecule has 0 saturated heterocycles. The van der Waals surface area contributed by atoms with E-state index in [0.29, 0.717) is 5.56 Å². The maximum absolute atomic E-state index is 11.5. The largest absolute Gasteiger partial charge is 0.291 e. The second kappa shape index (κ2) is 4.20. The van der Waals surface area contributed by atoms with E-state index in [1.54, 1.807) is 30.3 Å². The minimum absolute atomic E-state index is 0.415. The van der Waals surface area contributed by atoms with E-state index in [9.17, 15) is 4.79 Å². The average Bonchev–Trinajstić information content (AvgIpc) is 2.19. The van der Waals surface area contributed by atoms with Crippen LogP contribution in [0.2, 0.25) is 0 Å². The van der Waals surface area contributed by atoms with E-state index in [0.717, 1.165) is 5.56 Å². The lowest BCUT2D eigenvalue weighted by atomic mass is 9.99. The van der Waals surface area contributed by atoms with Crippen LogP contribution in [0.3, 0.4) is 0 Å². The molecule has 1 aromatic rings. The van der Waals surface area contributed by atoms with Crippen LogP contribution in [0.25, 0.3) is 0 Å². The van der Waals surface area contributed by atoms with Gasteiger partial charge in [-0.2, -0.15) is 10.5 Å². The summed E-state index contributed by atoms with van der Waals surface area (Å²) in [6, 6.07) is 10.2. The first-order valence-electron chi connectivity index (χ1n) is 4.09. The van der Waals surface area contributed by atoms with Gasteiger partial charge in [0.2, 0.25) is 0 Å². The minimum atomic E-state index is -1.20. The van der Waals surface area contributed by atoms with Gasteiger partial charge < -0.3 is 0 Å². The highest BCUT2D eigenvalue weighted by molar-refractivity contribution is 6.01. The van der Waals surface area contributed by atoms with Crippen molar-refractivity contribution in [3.05, 3.63) is 35.4 Å². The minimum Gasteiger partial charge on any atom is -0.291 e. The van der Waals surface area contributed by atoms with Crippen molar-refractivity contribution in [2.24, 2.45) is 5.92 Å². The zero-order chi connectivity index (χ0) is 10.6. The van der Waals surface area contributed by atoms with Gasteiger partial charge in [0.1, 0.15) is 0 Å². The summed E-state index contributed by atoms with van der Waals surface area (Å²) in [4.78, 5) is 11.5. The number of carbonyl (C=O) groups excluding carboxylic acids is 1. The first-order chi connectivity index (χ1) is 6.69. The van der Waals surface area contributed by atoms with Gasteiger partial charge in [0.05, 0.1) is 12.1 Å². The van der Waals surface area contributed by atoms with Crippen molar-refractivity contribution in [2.45, 2.75) is 6.92 Å². The number of hydrogen-bond acceptors (Lipinski definition) is 3. The van der Waals surface area contributed by atoms with Crippen LogP contribution in [0.5, 0.6) is 0 Å². The summed E-state index contributed by atoms with van der Waals surface area (Å²) in [7, 11) is 0. The van der Waals surface area contributed by atoms with Crippen molar-refractivity contribution in [1.82, 2.24) is 0 Å². The lowest BCUT2D eigenvalue weighted by molar-refractivity contribution is 0.0971. The highest BCUT2D eigenvalue weighted by Crippen LogP contribution is 2.09. The molecule has 1 aromatic carbocycles. The van der Waals surface area contributed by atoms with Crippen molar-refractivity contribution in [3.63, 3.8) is 0 Å². The van der Waals surface area contributed by atoms with Gasteiger partial charge in [0.25, 0.3) is 0 Å². The standard InChI is InChI=1S/C11H8N2O/c1-8-3-2-4-9(5-8)11(14)10(6-12)7-13/h2-5,10H,1H3. The van der Waals surface area contributed by atoms with E-state index in [1.807, 2.05) is 13.0 Å². The van der Waals surface area contributed by atoms with E-state index < -0.39 is 11.7 Å². The first kappa shape index (κ1) is 9.95. The molecule has 0 spiro atoms. The van der Waals surface area contributed by atoms with Crippen molar-refractivity contribution in [2.75, 3.05) is 0 Å². The Bertz CT molecular complexity index is 423. The molecule has 0 N–H and O–H groups in total. The third-order valence-electron chi connectivity index (χ3n) is 1.82. The molecule has 0 fully saturated rings. The van der Waals surface area contributed by atoms with Gasteiger partial charge in [-0.3, -0.25) is 4.79 Å². The molecule has 0 amide bonds. The Morgan fingerprint density at radius 3 is 2.50 bits per heavy atom. The number of nitrogens with zero attached hydrogens (tertiary/aromatic N) is 2. The SMILES string of the molecule is Cc1cccc(C(=O)C(C#N)C#N)c1. The van der Waals surface area contributed by atoms with E-state index in [-0.39, 0.29) is 0 Å². The van der Waals surface area contributed by atoms with Gasteiger partial charge in [-0.15, -0.1) is 0 Å². The molecule has 14 heavy (non-hydrogen) atoms. The number of Topliss-reactive ketones (excluding diaryl/α,β-unsaturated/α-hetero) is 1. The molecule has 3 heteroatoms. The second-order valence-corrected chi connectivity index (χ2v) is 2.92. The fourth-order valence-corrected chi connectivity index (χ4v) is 1.11. The van der Waals surface area contributed by atoms with Crippen LogP contribution in [0.15, 0.2) is 24.3 Å². The molecule has 0 saturated carbocycles. The zero-order valence-electron chi connectivity index (χ0n) is 7.69. The third kappa shape index (κ3) is 1.97. The average molecular weight is 184 g/mol. The molecular formula is C11H8N2O. The van der Waals surface area contributed by atoms with Gasteiger partial charge >= 0.3 is 0 Å². The lowest BCUT2D eigenvalue weighted by Gasteiger charge is -2.00. The Labute approximate surface area is 82.2 Å². The Hall–Kier alpha value is -2.13. The summed E-state index contributed by atoms with van der Waals surface area (Å²) in [5.41, 5.74) is 1.35. The van der Waals surface area contributed by atoms with Gasteiger partial charge in [-0.05, 0) is 13.0 Å². The molecule has 0 aliphatic rings. The summed E-state index contributed by atoms with van der Waals surface area (Å²) in [6.07, 6.45) is 0. The lowest BCUT2D eigenvalue weighted by Crippen LogP contribution is -2.10. The number of carbonyl (C=O) groups is 1. The normalized spacial score (nSPS) is 9.14. The Morgan fingerprint density at radius 2 is 2.00 bits per heavy atom. The summed E-state index contributed by atoms with van der Waals surface area (Å²) in [6.45, 7) is 1.85. The van der Waals surface area contributed by atoms with E-state index in [1.165, 1.54) is 0 Å². The van der Waals surface area contributed by atoms with Crippen LogP contribution >= 0.6 is 0 Å². The van der Waals surface area contributed by atoms with Crippen molar-refractivity contribution >= 4 is 5.78 Å². The molecule has 0 unspecified atom stereocenters. The fourth-order valence-electron chi connectivity index (χ4n) is 1.11. The van der Waals surface area contributed by atoms with Crippen molar-refractivity contribution in [3.8, 4) is 12.1 Å². The monoisotopic (exact) mass is 184 g/mol. The van der Waals surface area contributed by atoms with E-state index >= 15 is 0 Å². The topological polar surface area (TPSA) is 64.7 Å². The molecule has 0 bridgehead atoms. The van der Waals surface area contributed by atoms with Gasteiger partial charge in [-0.25, -0.2) is 0 Å². The third-order valence-corrected chi connectivity index (χ3v) is 1.82. The molecule has 0 aliphatic heterocycles. The highest BCUT2D eigenvalue weighted by Gasteiger charge is 2.18. The van der Waals surface area contributed by atoms with Crippen LogP contribution < -0.4 is 0 Å². The smallest absolute Gasteiger partial charge is 0.195 e. The van der Waals surface area contributed by atoms with E-state index in [2.05, 4.69) is 0 Å². The van der Waals surface area contributed by atoms with E-state index in [4.69, 9.17) is 10.5 Å². The van der Waals surface area contributed by atoms with Gasteiger partial charge in [0, 0.05) is 5.56 Å². The molecule has 0 aromatic heterocycles. The van der Waals surface area contributed by atoms with Crippen LogP contribution in [0.1, 0.15) is 15.9 Å². The quantitative estimate of drug-likeness (QED) is 0.658. The summed E-state index contributed by atoms with van der Waals surface area (Å²) < 4.78 is 0. The van der Waals surface area contributed by atoms with Gasteiger partial charge in [-0.1, -0.05) is 23.8 Å². The molecule has 68 valence electrons. The Balaban J connectivity index is 3.03. The van der Waals surface area contributed by atoms with Crippen molar-refractivity contribution < 1.29 is 4.79 Å². The number of aryl methyl sites for hydroxylation is 1. The summed E-state index contributed by atoms with van der Waals surface area (Å²) in [5.74, 6) is -1.63. The molecule has 0 heterocycles. The number of ketones is 1. The number of benzene rings is 1. The van der Waals surface area contributed by atoms with Crippen LogP contribution in [0, 0.1) is 35.5 Å². The van der Waals surface area contributed by atoms with Crippen LogP contribution in [-0.4, -0.2) is 5.78 Å². The zero-order valence-corrected chi connectivity index (χ0v) is 7.69. The number of rotatable bonds is 2. The van der Waals surface area contributed by atoms with Gasteiger partial charge in [0.15, 0.2) is 11.7 Å². The molecule has 3 nitrogen and oxygen atoms in total. The molecule has 0 radical (unpaired) electrons. The predicted molar refractivity (Wildman–Crippen MR) is 50.2 cm³/mol.